The predicted octanol–water partition coefficient (Wildman–Crippen LogP) is 2.32. The summed E-state index contributed by atoms with van der Waals surface area (Å²) in [7, 11) is 0. The highest BCUT2D eigenvalue weighted by Gasteiger charge is 2.55. The summed E-state index contributed by atoms with van der Waals surface area (Å²) in [5.74, 6) is -0.212. The summed E-state index contributed by atoms with van der Waals surface area (Å²) in [5, 5.41) is 2.68. The topological polar surface area (TPSA) is 62.3 Å². The number of aromatic nitrogens is 1. The second-order valence-corrected chi connectivity index (χ2v) is 5.83. The molecule has 0 radical (unpaired) electrons. The second-order valence-electron chi connectivity index (χ2n) is 5.83. The Hall–Kier alpha value is -2.12. The number of hydrogen-bond donors (Lipinski definition) is 1. The molecule has 2 heterocycles. The summed E-state index contributed by atoms with van der Waals surface area (Å²) in [6.45, 7) is 1.55. The average molecular weight is 313 g/mol. The Morgan fingerprint density at radius 1 is 1.36 bits per heavy atom. The van der Waals surface area contributed by atoms with Gasteiger partial charge in [0.2, 0.25) is 0 Å². The smallest absolute Gasteiger partial charge is 0.323 e. The molecule has 0 spiro atoms. The molecule has 0 bridgehead atoms. The van der Waals surface area contributed by atoms with Gasteiger partial charge >= 0.3 is 12.2 Å². The number of imide groups is 1. The number of halogens is 3. The number of carbonyl (C=O) groups excluding carboxylic acids is 2. The van der Waals surface area contributed by atoms with Crippen LogP contribution in [0, 0.1) is 5.92 Å². The molecule has 5 nitrogen and oxygen atoms in total. The molecule has 1 aromatic heterocycles. The molecule has 1 aliphatic carbocycles. The van der Waals surface area contributed by atoms with Crippen molar-refractivity contribution in [2.24, 2.45) is 5.92 Å². The number of amides is 3. The minimum absolute atomic E-state index is 0.134. The molecule has 1 saturated carbocycles. The Labute approximate surface area is 124 Å². The van der Waals surface area contributed by atoms with Crippen molar-refractivity contribution < 1.29 is 22.8 Å². The van der Waals surface area contributed by atoms with E-state index in [1.807, 2.05) is 0 Å². The molecule has 3 rings (SSSR count). The Morgan fingerprint density at radius 2 is 2.05 bits per heavy atom. The Balaban J connectivity index is 1.76. The zero-order chi connectivity index (χ0) is 16.1. The fourth-order valence-electron chi connectivity index (χ4n) is 2.64. The molecule has 118 valence electrons. The van der Waals surface area contributed by atoms with E-state index in [1.165, 1.54) is 6.07 Å². The van der Waals surface area contributed by atoms with Gasteiger partial charge in [-0.05, 0) is 37.8 Å². The minimum atomic E-state index is -4.46. The van der Waals surface area contributed by atoms with E-state index in [4.69, 9.17) is 0 Å². The van der Waals surface area contributed by atoms with E-state index in [2.05, 4.69) is 10.3 Å². The van der Waals surface area contributed by atoms with Crippen molar-refractivity contribution in [2.75, 3.05) is 0 Å². The normalized spacial score (nSPS) is 25.5. The highest BCUT2D eigenvalue weighted by molar-refractivity contribution is 6.07. The molecule has 1 aliphatic heterocycles. The van der Waals surface area contributed by atoms with Gasteiger partial charge in [0.15, 0.2) is 0 Å². The van der Waals surface area contributed by atoms with Crippen LogP contribution in [-0.4, -0.2) is 27.4 Å². The summed E-state index contributed by atoms with van der Waals surface area (Å²) >= 11 is 0. The number of nitrogens with zero attached hydrogens (tertiary/aromatic N) is 2. The SMILES string of the molecule is CC1(C2CC2)NC(=O)N(Cc2ccc(C(F)(F)F)cn2)C1=O. The van der Waals surface area contributed by atoms with Gasteiger partial charge in [-0.15, -0.1) is 0 Å². The third-order valence-corrected chi connectivity index (χ3v) is 4.17. The molecule has 22 heavy (non-hydrogen) atoms. The van der Waals surface area contributed by atoms with Crippen LogP contribution in [0.15, 0.2) is 18.3 Å². The predicted molar refractivity (Wildman–Crippen MR) is 69.4 cm³/mol. The molecule has 1 N–H and O–H groups in total. The van der Waals surface area contributed by atoms with Crippen molar-refractivity contribution >= 4 is 11.9 Å². The van der Waals surface area contributed by atoms with Crippen LogP contribution in [0.2, 0.25) is 0 Å². The van der Waals surface area contributed by atoms with Crippen LogP contribution < -0.4 is 5.32 Å². The Kier molecular flexibility index (Phi) is 3.15. The third kappa shape index (κ3) is 2.42. The van der Waals surface area contributed by atoms with E-state index in [9.17, 15) is 22.8 Å². The van der Waals surface area contributed by atoms with E-state index in [0.717, 1.165) is 23.8 Å². The third-order valence-electron chi connectivity index (χ3n) is 4.17. The molecule has 1 atom stereocenters. The second kappa shape index (κ2) is 4.69. The zero-order valence-electron chi connectivity index (χ0n) is 11.8. The summed E-state index contributed by atoms with van der Waals surface area (Å²) < 4.78 is 37.4. The van der Waals surface area contributed by atoms with Crippen molar-refractivity contribution in [3.05, 3.63) is 29.6 Å². The fourth-order valence-corrected chi connectivity index (χ4v) is 2.64. The van der Waals surface area contributed by atoms with Crippen molar-refractivity contribution in [1.29, 1.82) is 0 Å². The van der Waals surface area contributed by atoms with Gasteiger partial charge in [-0.25, -0.2) is 4.79 Å². The maximum absolute atomic E-state index is 12.5. The van der Waals surface area contributed by atoms with Gasteiger partial charge < -0.3 is 5.32 Å². The lowest BCUT2D eigenvalue weighted by molar-refractivity contribution is -0.138. The maximum atomic E-state index is 12.5. The van der Waals surface area contributed by atoms with Gasteiger partial charge in [0.05, 0.1) is 17.8 Å². The summed E-state index contributed by atoms with van der Waals surface area (Å²) in [4.78, 5) is 29.0. The number of nitrogens with one attached hydrogen (secondary N) is 1. The minimum Gasteiger partial charge on any atom is -0.323 e. The van der Waals surface area contributed by atoms with Gasteiger partial charge in [0.25, 0.3) is 5.91 Å². The molecule has 8 heteroatoms. The van der Waals surface area contributed by atoms with E-state index in [1.54, 1.807) is 6.92 Å². The van der Waals surface area contributed by atoms with Crippen LogP contribution in [0.4, 0.5) is 18.0 Å². The van der Waals surface area contributed by atoms with Crippen LogP contribution in [-0.2, 0) is 17.5 Å². The summed E-state index contributed by atoms with van der Waals surface area (Å²) in [6, 6.07) is 1.54. The highest BCUT2D eigenvalue weighted by Crippen LogP contribution is 2.42. The first-order valence-corrected chi connectivity index (χ1v) is 6.88. The monoisotopic (exact) mass is 313 g/mol. The molecule has 1 saturated heterocycles. The first-order chi connectivity index (χ1) is 10.2. The molecular weight excluding hydrogens is 299 g/mol. The highest BCUT2D eigenvalue weighted by atomic mass is 19.4. The van der Waals surface area contributed by atoms with Gasteiger partial charge in [0.1, 0.15) is 5.54 Å². The first kappa shape index (κ1) is 14.8. The van der Waals surface area contributed by atoms with E-state index < -0.39 is 23.3 Å². The van der Waals surface area contributed by atoms with Crippen LogP contribution in [0.3, 0.4) is 0 Å². The molecule has 1 aromatic rings. The van der Waals surface area contributed by atoms with E-state index in [-0.39, 0.29) is 24.1 Å². The average Bonchev–Trinajstić information content (AvgIpc) is 3.25. The first-order valence-electron chi connectivity index (χ1n) is 6.88. The molecule has 2 aliphatic rings. The number of rotatable bonds is 3. The Morgan fingerprint density at radius 3 is 2.55 bits per heavy atom. The van der Waals surface area contributed by atoms with Gasteiger partial charge in [-0.2, -0.15) is 13.2 Å². The standard InChI is InChI=1S/C14H14F3N3O2/c1-13(8-2-3-8)11(21)20(12(22)19-13)7-10-5-4-9(6-18-10)14(15,16)17/h4-6,8H,2-3,7H2,1H3,(H,19,22). The van der Waals surface area contributed by atoms with Crippen molar-refractivity contribution in [2.45, 2.75) is 38.0 Å². The van der Waals surface area contributed by atoms with Gasteiger partial charge in [0, 0.05) is 6.20 Å². The molecule has 1 unspecified atom stereocenters. The van der Waals surface area contributed by atoms with Crippen LogP contribution in [0.25, 0.3) is 0 Å². The number of pyridine rings is 1. The number of hydrogen-bond acceptors (Lipinski definition) is 3. The van der Waals surface area contributed by atoms with Crippen molar-refractivity contribution in [3.8, 4) is 0 Å². The zero-order valence-corrected chi connectivity index (χ0v) is 11.8. The van der Waals surface area contributed by atoms with Crippen LogP contribution >= 0.6 is 0 Å². The van der Waals surface area contributed by atoms with Crippen LogP contribution in [0.1, 0.15) is 31.0 Å². The van der Waals surface area contributed by atoms with Crippen LogP contribution in [0.5, 0.6) is 0 Å². The lowest BCUT2D eigenvalue weighted by Crippen LogP contribution is -2.46. The molecular formula is C14H14F3N3O2. The summed E-state index contributed by atoms with van der Waals surface area (Å²) in [6.07, 6.45) is -1.99. The van der Waals surface area contributed by atoms with Gasteiger partial charge in [-0.3, -0.25) is 14.7 Å². The van der Waals surface area contributed by atoms with E-state index >= 15 is 0 Å². The van der Waals surface area contributed by atoms with Crippen molar-refractivity contribution in [1.82, 2.24) is 15.2 Å². The molecule has 2 fully saturated rings. The maximum Gasteiger partial charge on any atom is 0.417 e. The number of carbonyl (C=O) groups is 2. The Bertz CT molecular complexity index is 625. The van der Waals surface area contributed by atoms with Gasteiger partial charge in [-0.1, -0.05) is 0 Å². The number of urea groups is 1. The quantitative estimate of drug-likeness (QED) is 0.871. The fraction of sp³-hybridized carbons (Fsp3) is 0.500. The molecule has 3 amide bonds. The lowest BCUT2D eigenvalue weighted by atomic mass is 9.96. The van der Waals surface area contributed by atoms with E-state index in [0.29, 0.717) is 6.20 Å². The largest absolute Gasteiger partial charge is 0.417 e. The molecule has 0 aromatic carbocycles. The lowest BCUT2D eigenvalue weighted by Gasteiger charge is -2.20. The summed E-state index contributed by atoms with van der Waals surface area (Å²) in [5.41, 5.74) is -1.53. The van der Waals surface area contributed by atoms with Crippen molar-refractivity contribution in [3.63, 3.8) is 0 Å². The number of alkyl halides is 3.